The topological polar surface area (TPSA) is 57.4 Å². The van der Waals surface area contributed by atoms with Gasteiger partial charge in [-0.3, -0.25) is 0 Å². The molecular formula is C57H27B2N7. The standard InChI is InChI=1S/C57H27B2N7/c1-3-11-28(12-4-1)55-60-56(29-13-5-2-6-14-29)62-57(61-55)30-21-26-40-38(27-30)58-37-17-7-8-18-39(37)63-41-19-9-15-33-35-24-22-31-32-23-25-36-34-16-10-20-42-48(34)66-50(36)44(32)59-43(31)49(35)65(47(33)41)53-46(59)54(66)52(64(40)42)45(58)51(53)63/h1-27H. The second-order valence-corrected chi connectivity index (χ2v) is 19.0. The number of hydrogen-bond donors (Lipinski definition) is 0. The van der Waals surface area contributed by atoms with Crippen molar-refractivity contribution < 1.29 is 0 Å². The number of nitrogens with zero attached hydrogens (tertiary/aromatic N) is 7. The van der Waals surface area contributed by atoms with Crippen LogP contribution in [-0.2, 0) is 0 Å². The first kappa shape index (κ1) is 32.0. The summed E-state index contributed by atoms with van der Waals surface area (Å²) in [4.78, 5) is 15.6. The van der Waals surface area contributed by atoms with Gasteiger partial charge in [0.15, 0.2) is 17.5 Å². The summed E-state index contributed by atoms with van der Waals surface area (Å²) in [6.07, 6.45) is 0. The second-order valence-electron chi connectivity index (χ2n) is 19.0. The van der Waals surface area contributed by atoms with Crippen molar-refractivity contribution in [3.63, 3.8) is 0 Å². The number of benzene rings is 9. The van der Waals surface area contributed by atoms with E-state index < -0.39 is 0 Å². The van der Waals surface area contributed by atoms with Crippen molar-refractivity contribution in [2.24, 2.45) is 0 Å². The molecule has 0 saturated heterocycles. The molecule has 14 aromatic rings. The third-order valence-corrected chi connectivity index (χ3v) is 16.3. The molecule has 0 spiro atoms. The van der Waals surface area contributed by atoms with Crippen molar-refractivity contribution in [2.45, 2.75) is 0 Å². The maximum Gasteiger partial charge on any atom is 0.254 e. The average Bonchev–Trinajstić information content (AvgIpc) is 4.03. The van der Waals surface area contributed by atoms with Gasteiger partial charge in [-0.15, -0.1) is 0 Å². The number of para-hydroxylation sites is 3. The molecule has 0 amide bonds. The molecule has 0 radical (unpaired) electrons. The molecule has 19 rings (SSSR count). The molecule has 9 aromatic carbocycles. The summed E-state index contributed by atoms with van der Waals surface area (Å²) in [6.45, 7) is 0.0668. The lowest BCUT2D eigenvalue weighted by Crippen LogP contribution is -2.62. The Kier molecular flexibility index (Phi) is 5.00. The van der Waals surface area contributed by atoms with E-state index in [1.54, 1.807) is 0 Å². The highest BCUT2D eigenvalue weighted by Crippen LogP contribution is 2.48. The van der Waals surface area contributed by atoms with Crippen molar-refractivity contribution in [1.29, 1.82) is 0 Å². The quantitative estimate of drug-likeness (QED) is 0.134. The number of rotatable bonds is 3. The normalized spacial score (nSPS) is 14.0. The van der Waals surface area contributed by atoms with Crippen LogP contribution in [0.15, 0.2) is 164 Å². The Morgan fingerprint density at radius 3 is 1.41 bits per heavy atom. The molecule has 0 N–H and O–H groups in total. The van der Waals surface area contributed by atoms with Crippen LogP contribution in [0.25, 0.3) is 133 Å². The van der Waals surface area contributed by atoms with Gasteiger partial charge >= 0.3 is 0 Å². The minimum Gasteiger partial charge on any atom is -0.307 e. The molecule has 0 fully saturated rings. The Morgan fingerprint density at radius 1 is 0.318 bits per heavy atom. The SMILES string of the molecule is c1ccc(-c2nc(-c3ccccc3)nc(-c3ccc4c(c3)B3c5ccccc5-n5c6cccc7c8ccc9c%10c8n(c8c%11c%12c(c3c85)n-4c3cccc4c5ccc-9c(c5n%12c43)B%10%11)c76)n2)cc1. The summed E-state index contributed by atoms with van der Waals surface area (Å²) < 4.78 is 10.7. The van der Waals surface area contributed by atoms with E-state index in [1.807, 2.05) is 36.4 Å². The molecule has 0 aliphatic carbocycles. The van der Waals surface area contributed by atoms with Crippen LogP contribution >= 0.6 is 0 Å². The monoisotopic (exact) mass is 831 g/mol. The largest absolute Gasteiger partial charge is 0.307 e. The molecule has 66 heavy (non-hydrogen) atoms. The highest BCUT2D eigenvalue weighted by Gasteiger charge is 2.50. The van der Waals surface area contributed by atoms with E-state index in [1.165, 1.54) is 132 Å². The first-order valence-electron chi connectivity index (χ1n) is 23.0. The van der Waals surface area contributed by atoms with Crippen LogP contribution in [0.3, 0.4) is 0 Å². The van der Waals surface area contributed by atoms with Crippen LogP contribution < -0.4 is 32.8 Å². The van der Waals surface area contributed by atoms with Crippen molar-refractivity contribution >= 4 is 123 Å². The van der Waals surface area contributed by atoms with Gasteiger partial charge in [-0.1, -0.05) is 133 Å². The van der Waals surface area contributed by atoms with Crippen molar-refractivity contribution in [3.8, 4) is 56.7 Å². The lowest BCUT2D eigenvalue weighted by atomic mass is 9.32. The zero-order valence-electron chi connectivity index (χ0n) is 34.9. The number of hydrogen-bond acceptors (Lipinski definition) is 3. The molecule has 0 atom stereocenters. The summed E-state index contributed by atoms with van der Waals surface area (Å²) in [5.41, 5.74) is 29.6. The van der Waals surface area contributed by atoms with Crippen molar-refractivity contribution in [3.05, 3.63) is 164 Å². The lowest BCUT2D eigenvalue weighted by Gasteiger charge is -2.40. The molecule has 5 aromatic heterocycles. The fourth-order valence-corrected chi connectivity index (χ4v) is 14.0. The Bertz CT molecular complexity index is 4710. The first-order valence-corrected chi connectivity index (χ1v) is 23.0. The van der Waals surface area contributed by atoms with Crippen molar-refractivity contribution in [2.75, 3.05) is 0 Å². The van der Waals surface area contributed by atoms with Gasteiger partial charge in [0.1, 0.15) is 0 Å². The van der Waals surface area contributed by atoms with E-state index in [9.17, 15) is 0 Å². The Balaban J connectivity index is 1.05. The second kappa shape index (κ2) is 10.3. The van der Waals surface area contributed by atoms with Gasteiger partial charge in [0.05, 0.1) is 55.2 Å². The fourth-order valence-electron chi connectivity index (χ4n) is 14.0. The van der Waals surface area contributed by atoms with Gasteiger partial charge in [0.25, 0.3) is 13.4 Å². The van der Waals surface area contributed by atoms with E-state index in [4.69, 9.17) is 15.0 Å². The van der Waals surface area contributed by atoms with Crippen LogP contribution in [0.2, 0.25) is 0 Å². The average molecular weight is 832 g/mol. The van der Waals surface area contributed by atoms with E-state index in [-0.39, 0.29) is 13.4 Å². The van der Waals surface area contributed by atoms with E-state index in [2.05, 4.69) is 145 Å². The van der Waals surface area contributed by atoms with Gasteiger partial charge in [-0.25, -0.2) is 15.0 Å². The molecule has 5 aliphatic heterocycles. The zero-order valence-corrected chi connectivity index (χ0v) is 34.9. The number of fused-ring (bicyclic) bond motifs is 11. The van der Waals surface area contributed by atoms with Crippen LogP contribution in [-0.4, -0.2) is 46.3 Å². The van der Waals surface area contributed by atoms with Gasteiger partial charge in [-0.05, 0) is 74.2 Å². The Labute approximate surface area is 374 Å². The fraction of sp³-hybridized carbons (Fsp3) is 0. The van der Waals surface area contributed by atoms with Crippen molar-refractivity contribution in [1.82, 2.24) is 32.9 Å². The summed E-state index contributed by atoms with van der Waals surface area (Å²) >= 11 is 0. The summed E-state index contributed by atoms with van der Waals surface area (Å²) in [6, 6.07) is 60.5. The van der Waals surface area contributed by atoms with Gasteiger partial charge in [0.2, 0.25) is 0 Å². The molecule has 9 heteroatoms. The van der Waals surface area contributed by atoms with Crippen LogP contribution in [0, 0.1) is 0 Å². The third-order valence-electron chi connectivity index (χ3n) is 16.3. The first-order chi connectivity index (χ1) is 32.8. The van der Waals surface area contributed by atoms with Gasteiger partial charge < -0.3 is 17.9 Å². The minimum atomic E-state index is -0.0677. The lowest BCUT2D eigenvalue weighted by molar-refractivity contribution is 1.07. The molecule has 0 bridgehead atoms. The Morgan fingerprint density at radius 2 is 0.818 bits per heavy atom. The molecule has 7 nitrogen and oxygen atoms in total. The third kappa shape index (κ3) is 3.22. The molecular weight excluding hydrogens is 804 g/mol. The van der Waals surface area contributed by atoms with Crippen LogP contribution in [0.5, 0.6) is 0 Å². The van der Waals surface area contributed by atoms with Gasteiger partial charge in [0, 0.05) is 49.6 Å². The maximum absolute atomic E-state index is 5.26. The maximum atomic E-state index is 5.26. The van der Waals surface area contributed by atoms with E-state index in [0.717, 1.165) is 16.7 Å². The smallest absolute Gasteiger partial charge is 0.254 e. The summed E-state index contributed by atoms with van der Waals surface area (Å²) in [7, 11) is 0. The summed E-state index contributed by atoms with van der Waals surface area (Å²) in [5.74, 6) is 1.98. The molecule has 0 saturated carbocycles. The van der Waals surface area contributed by atoms with Crippen LogP contribution in [0.1, 0.15) is 0 Å². The van der Waals surface area contributed by atoms with Crippen LogP contribution in [0.4, 0.5) is 0 Å². The summed E-state index contributed by atoms with van der Waals surface area (Å²) in [5, 5.41) is 5.31. The van der Waals surface area contributed by atoms with E-state index in [0.29, 0.717) is 17.5 Å². The molecule has 10 heterocycles. The molecule has 296 valence electrons. The number of aromatic nitrogens is 7. The predicted molar refractivity (Wildman–Crippen MR) is 270 cm³/mol. The molecule has 5 aliphatic rings. The Hall–Kier alpha value is -8.68. The predicted octanol–water partition coefficient (Wildman–Crippen LogP) is 8.15. The zero-order chi connectivity index (χ0) is 42.0. The van der Waals surface area contributed by atoms with E-state index >= 15 is 0 Å². The molecule has 0 unspecified atom stereocenters. The minimum absolute atomic E-state index is 0.0677. The highest BCUT2D eigenvalue weighted by atomic mass is 15.1. The van der Waals surface area contributed by atoms with Gasteiger partial charge in [-0.2, -0.15) is 0 Å². The highest BCUT2D eigenvalue weighted by molar-refractivity contribution is 7.06.